The summed E-state index contributed by atoms with van der Waals surface area (Å²) in [5.74, 6) is 1.93. The molecule has 0 fully saturated rings. The predicted molar refractivity (Wildman–Crippen MR) is 103 cm³/mol. The molecule has 0 saturated carbocycles. The molecule has 0 atom stereocenters. The van der Waals surface area contributed by atoms with Crippen LogP contribution in [-0.4, -0.2) is 31.4 Å². The molecule has 5 heteroatoms. The molecule has 2 rings (SSSR count). The third kappa shape index (κ3) is 6.35. The second-order valence-electron chi connectivity index (χ2n) is 5.61. The van der Waals surface area contributed by atoms with E-state index in [4.69, 9.17) is 9.47 Å². The molecule has 0 aromatic heterocycles. The number of thioether (sulfide) groups is 1. The lowest BCUT2D eigenvalue weighted by Crippen LogP contribution is -2.30. The van der Waals surface area contributed by atoms with Gasteiger partial charge in [-0.2, -0.15) is 0 Å². The molecular weight excluding hydrogens is 334 g/mol. The largest absolute Gasteiger partial charge is 0.490 e. The Hall–Kier alpha value is -2.14. The van der Waals surface area contributed by atoms with Crippen molar-refractivity contribution < 1.29 is 14.3 Å². The van der Waals surface area contributed by atoms with Gasteiger partial charge in [-0.05, 0) is 56.2 Å². The number of nitrogens with one attached hydrogen (secondary N) is 1. The molecular formula is C20H25NO3S. The van der Waals surface area contributed by atoms with E-state index >= 15 is 0 Å². The molecule has 1 amide bonds. The topological polar surface area (TPSA) is 47.6 Å². The van der Waals surface area contributed by atoms with Crippen LogP contribution in [0.15, 0.2) is 47.4 Å². The quantitative estimate of drug-likeness (QED) is 0.543. The predicted octanol–water partition coefficient (Wildman–Crippen LogP) is 3.99. The molecule has 0 unspecified atom stereocenters. The van der Waals surface area contributed by atoms with E-state index in [1.54, 1.807) is 17.8 Å². The fraction of sp³-hybridized carbons (Fsp3) is 0.350. The zero-order valence-electron chi connectivity index (χ0n) is 15.0. The lowest BCUT2D eigenvalue weighted by molar-refractivity contribution is -0.122. The molecule has 0 heterocycles. The van der Waals surface area contributed by atoms with E-state index in [1.165, 1.54) is 16.0 Å². The molecule has 4 nitrogen and oxygen atoms in total. The summed E-state index contributed by atoms with van der Waals surface area (Å²) in [7, 11) is 0. The first kappa shape index (κ1) is 19.2. The number of hydrogen-bond donors (Lipinski definition) is 1. The van der Waals surface area contributed by atoms with Gasteiger partial charge in [-0.3, -0.25) is 4.79 Å². The molecule has 0 radical (unpaired) electrons. The van der Waals surface area contributed by atoms with Gasteiger partial charge in [0.05, 0.1) is 6.61 Å². The van der Waals surface area contributed by atoms with Gasteiger partial charge in [-0.25, -0.2) is 0 Å². The lowest BCUT2D eigenvalue weighted by atomic mass is 10.1. The van der Waals surface area contributed by atoms with Crippen molar-refractivity contribution in [3.8, 4) is 11.5 Å². The zero-order valence-corrected chi connectivity index (χ0v) is 15.8. The van der Waals surface area contributed by atoms with Gasteiger partial charge < -0.3 is 14.8 Å². The van der Waals surface area contributed by atoms with Crippen molar-refractivity contribution in [3.63, 3.8) is 0 Å². The number of carbonyl (C=O) groups is 1. The zero-order chi connectivity index (χ0) is 18.1. The smallest absolute Gasteiger partial charge is 0.257 e. The first-order valence-corrected chi connectivity index (χ1v) is 9.40. The Balaban J connectivity index is 1.70. The van der Waals surface area contributed by atoms with Gasteiger partial charge in [0, 0.05) is 17.2 Å². The highest BCUT2D eigenvalue weighted by molar-refractivity contribution is 7.99. The molecule has 25 heavy (non-hydrogen) atoms. The molecule has 2 aromatic carbocycles. The molecule has 0 spiro atoms. The average Bonchev–Trinajstić information content (AvgIpc) is 2.61. The minimum atomic E-state index is -0.132. The summed E-state index contributed by atoms with van der Waals surface area (Å²) < 4.78 is 11.0. The number of carbonyl (C=O) groups excluding carboxylic acids is 1. The Kier molecular flexibility index (Phi) is 7.67. The standard InChI is InChI=1S/C20H25NO3S/c1-4-23-18-7-5-6-8-19(18)24-14-20(22)21-11-12-25-17-10-9-15(2)16(3)13-17/h5-10,13H,4,11-12,14H2,1-3H3,(H,21,22). The van der Waals surface area contributed by atoms with E-state index in [2.05, 4.69) is 37.4 Å². The summed E-state index contributed by atoms with van der Waals surface area (Å²) in [5, 5.41) is 2.88. The third-order valence-corrected chi connectivity index (χ3v) is 4.67. The maximum atomic E-state index is 11.9. The maximum absolute atomic E-state index is 11.9. The molecule has 0 aliphatic heterocycles. The summed E-state index contributed by atoms with van der Waals surface area (Å²) in [5.41, 5.74) is 2.58. The van der Waals surface area contributed by atoms with Gasteiger partial charge in [0.1, 0.15) is 0 Å². The minimum absolute atomic E-state index is 0.0155. The van der Waals surface area contributed by atoms with Crippen LogP contribution in [0.5, 0.6) is 11.5 Å². The van der Waals surface area contributed by atoms with Crippen LogP contribution in [0.4, 0.5) is 0 Å². The van der Waals surface area contributed by atoms with Crippen molar-refractivity contribution in [3.05, 3.63) is 53.6 Å². The fourth-order valence-electron chi connectivity index (χ4n) is 2.20. The number of benzene rings is 2. The van der Waals surface area contributed by atoms with Crippen LogP contribution in [0, 0.1) is 13.8 Å². The highest BCUT2D eigenvalue weighted by Gasteiger charge is 2.07. The number of aryl methyl sites for hydroxylation is 2. The van der Waals surface area contributed by atoms with Gasteiger partial charge >= 0.3 is 0 Å². The third-order valence-electron chi connectivity index (χ3n) is 3.68. The molecule has 0 aliphatic carbocycles. The van der Waals surface area contributed by atoms with Crippen molar-refractivity contribution >= 4 is 17.7 Å². The first-order valence-electron chi connectivity index (χ1n) is 8.41. The Bertz CT molecular complexity index is 703. The van der Waals surface area contributed by atoms with Crippen molar-refractivity contribution in [2.75, 3.05) is 25.5 Å². The van der Waals surface area contributed by atoms with Gasteiger partial charge in [0.25, 0.3) is 5.91 Å². The van der Waals surface area contributed by atoms with Gasteiger partial charge in [-0.15, -0.1) is 11.8 Å². The van der Waals surface area contributed by atoms with Gasteiger partial charge in [0.2, 0.25) is 0 Å². The van der Waals surface area contributed by atoms with E-state index in [9.17, 15) is 4.79 Å². The summed E-state index contributed by atoms with van der Waals surface area (Å²) >= 11 is 1.73. The number of rotatable bonds is 9. The van der Waals surface area contributed by atoms with Crippen LogP contribution < -0.4 is 14.8 Å². The van der Waals surface area contributed by atoms with Crippen molar-refractivity contribution in [1.29, 1.82) is 0 Å². The average molecular weight is 359 g/mol. The van der Waals surface area contributed by atoms with E-state index in [-0.39, 0.29) is 12.5 Å². The summed E-state index contributed by atoms with van der Waals surface area (Å²) in [4.78, 5) is 13.1. The number of amides is 1. The van der Waals surface area contributed by atoms with Crippen LogP contribution in [0.2, 0.25) is 0 Å². The Morgan fingerprint density at radius 3 is 2.44 bits per heavy atom. The van der Waals surface area contributed by atoms with Crippen molar-refractivity contribution in [1.82, 2.24) is 5.32 Å². The minimum Gasteiger partial charge on any atom is -0.490 e. The van der Waals surface area contributed by atoms with Gasteiger partial charge in [-0.1, -0.05) is 18.2 Å². The summed E-state index contributed by atoms with van der Waals surface area (Å²) in [6.07, 6.45) is 0. The number of ether oxygens (including phenoxy) is 2. The molecule has 0 bridgehead atoms. The maximum Gasteiger partial charge on any atom is 0.257 e. The second kappa shape index (κ2) is 9.99. The Morgan fingerprint density at radius 2 is 1.76 bits per heavy atom. The number of hydrogen-bond acceptors (Lipinski definition) is 4. The molecule has 134 valence electrons. The monoisotopic (exact) mass is 359 g/mol. The molecule has 1 N–H and O–H groups in total. The lowest BCUT2D eigenvalue weighted by Gasteiger charge is -2.11. The van der Waals surface area contributed by atoms with E-state index in [0.717, 1.165) is 5.75 Å². The SMILES string of the molecule is CCOc1ccccc1OCC(=O)NCCSc1ccc(C)c(C)c1. The van der Waals surface area contributed by atoms with Gasteiger partial charge in [0.15, 0.2) is 18.1 Å². The van der Waals surface area contributed by atoms with Crippen LogP contribution >= 0.6 is 11.8 Å². The first-order chi connectivity index (χ1) is 12.1. The van der Waals surface area contributed by atoms with Crippen LogP contribution in [0.1, 0.15) is 18.1 Å². The number of para-hydroxylation sites is 2. The van der Waals surface area contributed by atoms with E-state index in [0.29, 0.717) is 24.7 Å². The van der Waals surface area contributed by atoms with Crippen molar-refractivity contribution in [2.24, 2.45) is 0 Å². The van der Waals surface area contributed by atoms with Crippen LogP contribution in [-0.2, 0) is 4.79 Å². The highest BCUT2D eigenvalue weighted by atomic mass is 32.2. The highest BCUT2D eigenvalue weighted by Crippen LogP contribution is 2.26. The normalized spacial score (nSPS) is 10.4. The molecule has 0 aliphatic rings. The molecule has 2 aromatic rings. The van der Waals surface area contributed by atoms with Crippen LogP contribution in [0.3, 0.4) is 0 Å². The Morgan fingerprint density at radius 1 is 1.04 bits per heavy atom. The second-order valence-corrected chi connectivity index (χ2v) is 6.78. The van der Waals surface area contributed by atoms with Crippen molar-refractivity contribution in [2.45, 2.75) is 25.7 Å². The Labute approximate surface area is 153 Å². The van der Waals surface area contributed by atoms with Crippen LogP contribution in [0.25, 0.3) is 0 Å². The van der Waals surface area contributed by atoms with E-state index < -0.39 is 0 Å². The summed E-state index contributed by atoms with van der Waals surface area (Å²) in [6, 6.07) is 13.8. The molecule has 0 saturated heterocycles. The fourth-order valence-corrected chi connectivity index (χ4v) is 3.07. The summed E-state index contributed by atoms with van der Waals surface area (Å²) in [6.45, 7) is 7.27. The van der Waals surface area contributed by atoms with E-state index in [1.807, 2.05) is 25.1 Å².